The zero-order chi connectivity index (χ0) is 57.8. The maximum Gasteiger partial charge on any atom is 0.306 e. The molecule has 472 valence electrons. The zero-order valence-corrected chi connectivity index (χ0v) is 54.4. The van der Waals surface area contributed by atoms with Crippen molar-refractivity contribution in [3.63, 3.8) is 0 Å². The Morgan fingerprint density at radius 3 is 0.637 bits per heavy atom. The fourth-order valence-electron chi connectivity index (χ4n) is 11.2. The first kappa shape index (κ1) is 77.9. The van der Waals surface area contributed by atoms with E-state index in [1.807, 2.05) is 0 Å². The van der Waals surface area contributed by atoms with Crippen molar-refractivity contribution in [3.05, 3.63) is 24.3 Å². The highest BCUT2D eigenvalue weighted by Gasteiger charge is 2.19. The molecule has 0 rings (SSSR count). The second-order valence-corrected chi connectivity index (χ2v) is 24.9. The summed E-state index contributed by atoms with van der Waals surface area (Å²) in [4.78, 5) is 38.4. The summed E-state index contributed by atoms with van der Waals surface area (Å²) in [5.74, 6) is -0.844. The first-order valence-corrected chi connectivity index (χ1v) is 36.3. The van der Waals surface area contributed by atoms with E-state index in [9.17, 15) is 14.4 Å². The van der Waals surface area contributed by atoms with Crippen LogP contribution in [0.25, 0.3) is 0 Å². The number of hydrogen-bond acceptors (Lipinski definition) is 6. The van der Waals surface area contributed by atoms with Crippen molar-refractivity contribution in [2.45, 2.75) is 419 Å². The Morgan fingerprint density at radius 1 is 0.237 bits per heavy atom. The van der Waals surface area contributed by atoms with Gasteiger partial charge in [-0.1, -0.05) is 347 Å². The van der Waals surface area contributed by atoms with Gasteiger partial charge in [-0.05, 0) is 70.6 Å². The number of carbonyl (C=O) groups is 3. The molecule has 0 saturated carbocycles. The first-order chi connectivity index (χ1) is 39.5. The van der Waals surface area contributed by atoms with Gasteiger partial charge >= 0.3 is 17.9 Å². The predicted molar refractivity (Wildman–Crippen MR) is 349 cm³/mol. The molecule has 0 N–H and O–H groups in total. The Kier molecular flexibility index (Phi) is 67.6. The highest BCUT2D eigenvalue weighted by molar-refractivity contribution is 5.71. The molecule has 0 aromatic carbocycles. The number of hydrogen-bond donors (Lipinski definition) is 0. The van der Waals surface area contributed by atoms with Gasteiger partial charge < -0.3 is 14.2 Å². The van der Waals surface area contributed by atoms with Gasteiger partial charge in [0.05, 0.1) is 0 Å². The molecule has 0 aromatic rings. The van der Waals surface area contributed by atoms with Gasteiger partial charge in [-0.25, -0.2) is 0 Å². The molecule has 0 aliphatic carbocycles. The SMILES string of the molecule is CCCCCC/C=C\CCCCCCCC(=O)OCC(COC(=O)CCCCCCCCCCCCCCCCCCC/C=C\CCCCCCCCCC)OC(=O)CCCCCCCCCCCCCCCCCCCCCC. The number of carbonyl (C=O) groups excluding carboxylic acids is 3. The van der Waals surface area contributed by atoms with Crippen LogP contribution in [0.15, 0.2) is 24.3 Å². The van der Waals surface area contributed by atoms with Crippen LogP contribution in [0, 0.1) is 0 Å². The smallest absolute Gasteiger partial charge is 0.306 e. The molecule has 0 amide bonds. The maximum absolute atomic E-state index is 12.9. The van der Waals surface area contributed by atoms with E-state index in [1.165, 1.54) is 308 Å². The minimum Gasteiger partial charge on any atom is -0.462 e. The second kappa shape index (κ2) is 69.4. The number of rotatable bonds is 68. The molecule has 0 aliphatic rings. The topological polar surface area (TPSA) is 78.9 Å². The van der Waals surface area contributed by atoms with E-state index in [2.05, 4.69) is 45.1 Å². The largest absolute Gasteiger partial charge is 0.462 e. The third-order valence-corrected chi connectivity index (χ3v) is 16.7. The predicted octanol–water partition coefficient (Wildman–Crippen LogP) is 25.0. The van der Waals surface area contributed by atoms with Gasteiger partial charge in [0.1, 0.15) is 13.2 Å². The number of esters is 3. The van der Waals surface area contributed by atoms with Crippen LogP contribution in [0.1, 0.15) is 412 Å². The third-order valence-electron chi connectivity index (χ3n) is 16.7. The van der Waals surface area contributed by atoms with Crippen LogP contribution in [0.4, 0.5) is 0 Å². The molecule has 0 fully saturated rings. The van der Waals surface area contributed by atoms with Crippen molar-refractivity contribution in [2.75, 3.05) is 13.2 Å². The molecule has 0 bridgehead atoms. The molecular formula is C74H140O6. The van der Waals surface area contributed by atoms with E-state index in [4.69, 9.17) is 14.2 Å². The molecule has 0 aliphatic heterocycles. The van der Waals surface area contributed by atoms with Crippen molar-refractivity contribution >= 4 is 17.9 Å². The summed E-state index contributed by atoms with van der Waals surface area (Å²) in [5.41, 5.74) is 0. The normalized spacial score (nSPS) is 12.1. The van der Waals surface area contributed by atoms with Gasteiger partial charge in [-0.15, -0.1) is 0 Å². The number of allylic oxidation sites excluding steroid dienone is 4. The molecule has 1 unspecified atom stereocenters. The molecular weight excluding hydrogens is 985 g/mol. The molecule has 0 aromatic heterocycles. The van der Waals surface area contributed by atoms with Crippen molar-refractivity contribution < 1.29 is 28.6 Å². The van der Waals surface area contributed by atoms with Crippen LogP contribution in [0.5, 0.6) is 0 Å². The van der Waals surface area contributed by atoms with Crippen LogP contribution in [0.2, 0.25) is 0 Å². The molecule has 80 heavy (non-hydrogen) atoms. The van der Waals surface area contributed by atoms with Crippen LogP contribution >= 0.6 is 0 Å². The third kappa shape index (κ3) is 66.7. The van der Waals surface area contributed by atoms with Crippen LogP contribution in [-0.4, -0.2) is 37.2 Å². The molecule has 6 heteroatoms. The lowest BCUT2D eigenvalue weighted by Gasteiger charge is -2.18. The van der Waals surface area contributed by atoms with Crippen molar-refractivity contribution in [2.24, 2.45) is 0 Å². The Morgan fingerprint density at radius 2 is 0.412 bits per heavy atom. The van der Waals surface area contributed by atoms with Crippen molar-refractivity contribution in [1.82, 2.24) is 0 Å². The van der Waals surface area contributed by atoms with Crippen molar-refractivity contribution in [3.8, 4) is 0 Å². The highest BCUT2D eigenvalue weighted by atomic mass is 16.6. The average Bonchev–Trinajstić information content (AvgIpc) is 3.46. The van der Waals surface area contributed by atoms with Gasteiger partial charge in [0.2, 0.25) is 0 Å². The Hall–Kier alpha value is -2.11. The standard InChI is InChI=1S/C74H140O6/c1-4-7-10-13-16-19-22-25-27-29-31-33-34-35-36-37-38-39-40-41-43-44-46-49-52-55-58-61-64-67-73(76)79-70-71(69-78-72(75)66-63-60-57-54-51-48-24-21-18-15-12-9-6-3)80-74(77)68-65-62-59-56-53-50-47-45-42-32-30-28-26-23-20-17-14-11-8-5-2/h21,24,29,31,71H,4-20,22-23,25-28,30,32-70H2,1-3H3/b24-21-,31-29-. The molecule has 0 saturated heterocycles. The van der Waals surface area contributed by atoms with Gasteiger partial charge in [0, 0.05) is 19.3 Å². The van der Waals surface area contributed by atoms with Gasteiger partial charge in [-0.3, -0.25) is 14.4 Å². The average molecular weight is 1130 g/mol. The van der Waals surface area contributed by atoms with Crippen LogP contribution in [-0.2, 0) is 28.6 Å². The van der Waals surface area contributed by atoms with E-state index >= 15 is 0 Å². The Labute approximate surface area is 500 Å². The van der Waals surface area contributed by atoms with E-state index in [0.29, 0.717) is 19.3 Å². The van der Waals surface area contributed by atoms with Gasteiger partial charge in [0.25, 0.3) is 0 Å². The maximum atomic E-state index is 12.9. The van der Waals surface area contributed by atoms with Gasteiger partial charge in [-0.2, -0.15) is 0 Å². The number of unbranched alkanes of at least 4 members (excludes halogenated alkanes) is 53. The lowest BCUT2D eigenvalue weighted by atomic mass is 10.0. The first-order valence-electron chi connectivity index (χ1n) is 36.3. The quantitative estimate of drug-likeness (QED) is 0.0261. The Bertz CT molecular complexity index is 1290. The molecule has 6 nitrogen and oxygen atoms in total. The number of ether oxygens (including phenoxy) is 3. The summed E-state index contributed by atoms with van der Waals surface area (Å²) >= 11 is 0. The summed E-state index contributed by atoms with van der Waals surface area (Å²) < 4.78 is 17.0. The van der Waals surface area contributed by atoms with Crippen LogP contribution in [0.3, 0.4) is 0 Å². The van der Waals surface area contributed by atoms with Crippen LogP contribution < -0.4 is 0 Å². The lowest BCUT2D eigenvalue weighted by molar-refractivity contribution is -0.167. The monoisotopic (exact) mass is 1130 g/mol. The van der Waals surface area contributed by atoms with E-state index < -0.39 is 6.10 Å². The molecule has 0 radical (unpaired) electrons. The Balaban J connectivity index is 4.17. The lowest BCUT2D eigenvalue weighted by Crippen LogP contribution is -2.30. The summed E-state index contributed by atoms with van der Waals surface area (Å²) in [6, 6.07) is 0. The summed E-state index contributed by atoms with van der Waals surface area (Å²) in [6.45, 7) is 6.70. The van der Waals surface area contributed by atoms with Gasteiger partial charge in [0.15, 0.2) is 6.10 Å². The van der Waals surface area contributed by atoms with E-state index in [-0.39, 0.29) is 31.1 Å². The summed E-state index contributed by atoms with van der Waals surface area (Å²) in [6.07, 6.45) is 85.1. The highest BCUT2D eigenvalue weighted by Crippen LogP contribution is 2.19. The minimum absolute atomic E-state index is 0.0674. The van der Waals surface area contributed by atoms with Crippen molar-refractivity contribution in [1.29, 1.82) is 0 Å². The van der Waals surface area contributed by atoms with E-state index in [1.54, 1.807) is 0 Å². The second-order valence-electron chi connectivity index (χ2n) is 24.9. The zero-order valence-electron chi connectivity index (χ0n) is 54.4. The molecule has 1 atom stereocenters. The minimum atomic E-state index is -0.771. The molecule has 0 spiro atoms. The van der Waals surface area contributed by atoms with E-state index in [0.717, 1.165) is 64.2 Å². The molecule has 0 heterocycles. The fraction of sp³-hybridized carbons (Fsp3) is 0.905. The summed E-state index contributed by atoms with van der Waals surface area (Å²) in [7, 11) is 0. The summed E-state index contributed by atoms with van der Waals surface area (Å²) in [5, 5.41) is 0. The fourth-order valence-corrected chi connectivity index (χ4v) is 11.2.